The fraction of sp³-hybridized carbons (Fsp3) is 0.380. The third-order valence-corrected chi connectivity index (χ3v) is 12.4. The van der Waals surface area contributed by atoms with Crippen LogP contribution in [0.15, 0.2) is 82.4 Å². The molecular formula is C50H58F2N8O15S. The van der Waals surface area contributed by atoms with Gasteiger partial charge in [0.2, 0.25) is 23.6 Å². The number of carbonyl (C=O) groups excluding carboxylic acids is 6. The first-order chi connectivity index (χ1) is 36.1. The Morgan fingerprint density at radius 1 is 0.750 bits per heavy atom. The molecule has 76 heavy (non-hydrogen) atoms. The number of nitrogens with two attached hydrogens (primary N) is 2. The molecule has 0 spiro atoms. The molecule has 408 valence electrons. The summed E-state index contributed by atoms with van der Waals surface area (Å²) in [7, 11) is 0. The van der Waals surface area contributed by atoms with E-state index in [9.17, 15) is 71.7 Å². The first-order valence-corrected chi connectivity index (χ1v) is 24.1. The van der Waals surface area contributed by atoms with E-state index in [4.69, 9.17) is 16.6 Å². The first-order valence-electron chi connectivity index (χ1n) is 23.5. The molecule has 0 bridgehead atoms. The summed E-state index contributed by atoms with van der Waals surface area (Å²) in [5.74, 6) is -12.1. The molecule has 0 aliphatic carbocycles. The Balaban J connectivity index is 1.35. The number of amides is 4. The van der Waals surface area contributed by atoms with Gasteiger partial charge in [-0.1, -0.05) is 60.7 Å². The minimum atomic E-state index is -1.63. The van der Waals surface area contributed by atoms with Gasteiger partial charge in [-0.3, -0.25) is 47.5 Å². The van der Waals surface area contributed by atoms with Gasteiger partial charge in [-0.2, -0.15) is 12.6 Å². The Morgan fingerprint density at radius 3 is 2.00 bits per heavy atom. The maximum absolute atomic E-state index is 14.9. The van der Waals surface area contributed by atoms with Gasteiger partial charge in [0, 0.05) is 55.3 Å². The van der Waals surface area contributed by atoms with Crippen LogP contribution in [0.1, 0.15) is 67.0 Å². The second-order valence-electron chi connectivity index (χ2n) is 17.5. The van der Waals surface area contributed by atoms with E-state index >= 15 is 0 Å². The van der Waals surface area contributed by atoms with Gasteiger partial charge in [-0.05, 0) is 55.0 Å². The molecule has 4 rings (SSSR count). The molecule has 3 aromatic carbocycles. The van der Waals surface area contributed by atoms with E-state index in [1.165, 1.54) is 13.0 Å². The summed E-state index contributed by atoms with van der Waals surface area (Å²) in [6, 6.07) is 11.4. The number of carboxylic acids is 3. The Kier molecular flexibility index (Phi) is 23.2. The predicted octanol–water partition coefficient (Wildman–Crippen LogP) is 0.335. The Hall–Kier alpha value is -8.10. The van der Waals surface area contributed by atoms with E-state index < -0.39 is 157 Å². The van der Waals surface area contributed by atoms with E-state index in [2.05, 4.69) is 38.6 Å². The zero-order valence-electron chi connectivity index (χ0n) is 40.9. The van der Waals surface area contributed by atoms with Crippen molar-refractivity contribution in [3.8, 4) is 11.1 Å². The number of benzene rings is 3. The van der Waals surface area contributed by atoms with Crippen LogP contribution < -0.4 is 44.0 Å². The number of carbonyl (C=O) groups is 9. The molecule has 0 aliphatic rings. The number of halogens is 2. The summed E-state index contributed by atoms with van der Waals surface area (Å²) in [4.78, 5) is 138. The van der Waals surface area contributed by atoms with Crippen LogP contribution in [-0.2, 0) is 67.4 Å². The predicted molar refractivity (Wildman–Crippen MR) is 269 cm³/mol. The molecule has 4 aromatic rings. The van der Waals surface area contributed by atoms with Crippen molar-refractivity contribution in [2.24, 2.45) is 17.4 Å². The minimum absolute atomic E-state index is 0.0229. The van der Waals surface area contributed by atoms with Gasteiger partial charge in [0.25, 0.3) is 12.0 Å². The molecule has 1 aromatic heterocycles. The molecule has 0 fully saturated rings. The standard InChI is InChI=1S/C50H58F2N8O15S/c1-27-43(46(67)60(23-37(54)29-8-3-2-4-9-29)50(74)59(27)22-33-34(51)11-6-12-35(33)52)30-10-5-7-28(19-30)13-15-32(62)20-31(47(68)69)14-17-42(64)56-38(48(70)71)16-18-41(63)55-21-36(53)44(65)57-39(24-75-26-61)45(66)58-40(25-76)49(72)73/h2-12,19,26,31,36-40,76H,13-18,20-25,53-54H2,1H3,(H,55,63)(H,56,64)(H,57,65)(H,58,66)(H,68,69)(H,70,71)(H,72,73)/t31?,36-,37-,38?,39-,40-/m0/s1. The summed E-state index contributed by atoms with van der Waals surface area (Å²) in [5.41, 5.74) is 11.8. The van der Waals surface area contributed by atoms with Gasteiger partial charge >= 0.3 is 23.6 Å². The van der Waals surface area contributed by atoms with Crippen LogP contribution in [0.4, 0.5) is 8.78 Å². The highest BCUT2D eigenvalue weighted by atomic mass is 32.1. The lowest BCUT2D eigenvalue weighted by Crippen LogP contribution is -2.57. The topological polar surface area (TPSA) is 368 Å². The summed E-state index contributed by atoms with van der Waals surface area (Å²) in [6.07, 6.45) is -2.50. The van der Waals surface area contributed by atoms with Crippen LogP contribution >= 0.6 is 12.6 Å². The van der Waals surface area contributed by atoms with Gasteiger partial charge in [-0.25, -0.2) is 23.2 Å². The van der Waals surface area contributed by atoms with Crippen molar-refractivity contribution >= 4 is 66.4 Å². The van der Waals surface area contributed by atoms with Crippen LogP contribution in [0, 0.1) is 24.5 Å². The smallest absolute Gasteiger partial charge is 0.331 e. The largest absolute Gasteiger partial charge is 0.481 e. The normalized spacial score (nSPS) is 13.4. The average molecular weight is 1080 g/mol. The molecule has 23 nitrogen and oxygen atoms in total. The SMILES string of the molecule is Cc1c(-c2cccc(CCC(=O)CC(CCC(=O)NC(CCC(=O)NC[C@H](N)C(=O)N[C@@H](COC=O)C(=O)N[C@@H](CS)C(=O)O)C(=O)O)C(=O)O)c2)c(=O)n(C[C@H](N)c2ccccc2)c(=O)n1Cc1c(F)cccc1F. The second-order valence-corrected chi connectivity index (χ2v) is 17.8. The lowest BCUT2D eigenvalue weighted by atomic mass is 9.93. The number of nitrogens with one attached hydrogen (secondary N) is 4. The summed E-state index contributed by atoms with van der Waals surface area (Å²) in [5, 5.41) is 37.6. The number of ketones is 1. The van der Waals surface area contributed by atoms with Crippen LogP contribution in [0.2, 0.25) is 0 Å². The highest BCUT2D eigenvalue weighted by molar-refractivity contribution is 7.80. The van der Waals surface area contributed by atoms with Gasteiger partial charge in [0.05, 0.1) is 24.6 Å². The number of rotatable bonds is 31. The van der Waals surface area contributed by atoms with Crippen LogP contribution in [0.3, 0.4) is 0 Å². The molecule has 1 heterocycles. The number of aromatic nitrogens is 2. The molecule has 0 radical (unpaired) electrons. The van der Waals surface area contributed by atoms with Crippen LogP contribution in [0.25, 0.3) is 11.1 Å². The van der Waals surface area contributed by atoms with E-state index in [1.807, 2.05) is 0 Å². The van der Waals surface area contributed by atoms with Crippen molar-refractivity contribution in [3.05, 3.63) is 128 Å². The number of ether oxygens (including phenoxy) is 1. The molecule has 0 aliphatic heterocycles. The third kappa shape index (κ3) is 17.5. The molecule has 2 unspecified atom stereocenters. The Labute approximate surface area is 437 Å². The van der Waals surface area contributed by atoms with E-state index in [0.717, 1.165) is 21.3 Å². The summed E-state index contributed by atoms with van der Waals surface area (Å²) < 4.78 is 36.3. The number of aryl methyl sites for hydroxylation is 1. The molecule has 4 amide bonds. The highest BCUT2D eigenvalue weighted by Gasteiger charge is 2.30. The Morgan fingerprint density at radius 2 is 1.38 bits per heavy atom. The molecule has 0 saturated heterocycles. The van der Waals surface area contributed by atoms with Crippen LogP contribution in [0.5, 0.6) is 0 Å². The highest BCUT2D eigenvalue weighted by Crippen LogP contribution is 2.24. The molecule has 0 saturated carbocycles. The fourth-order valence-electron chi connectivity index (χ4n) is 7.74. The minimum Gasteiger partial charge on any atom is -0.481 e. The van der Waals surface area contributed by atoms with Crippen molar-refractivity contribution in [1.82, 2.24) is 30.4 Å². The summed E-state index contributed by atoms with van der Waals surface area (Å²) in [6.45, 7) is -0.651. The molecule has 26 heteroatoms. The third-order valence-electron chi connectivity index (χ3n) is 12.0. The number of Topliss-reactive ketones (excluding diaryl/α,β-unsaturated/α-hetero) is 1. The van der Waals surface area contributed by atoms with E-state index in [1.54, 1.807) is 54.6 Å². The number of hydrogen-bond acceptors (Lipinski definition) is 15. The number of nitrogens with zero attached hydrogens (tertiary/aromatic N) is 2. The van der Waals surface area contributed by atoms with Crippen LogP contribution in [-0.4, -0.2) is 121 Å². The van der Waals surface area contributed by atoms with E-state index in [-0.39, 0.29) is 49.3 Å². The number of hydrogen-bond donors (Lipinski definition) is 10. The second kappa shape index (κ2) is 29.1. The molecular weight excluding hydrogens is 1020 g/mol. The maximum atomic E-state index is 14.9. The zero-order chi connectivity index (χ0) is 56.2. The Bertz CT molecular complexity index is 2880. The van der Waals surface area contributed by atoms with E-state index in [0.29, 0.717) is 16.7 Å². The lowest BCUT2D eigenvalue weighted by molar-refractivity contribution is -0.145. The number of carboxylic acid groups (broad SMARTS) is 3. The molecule has 6 atom stereocenters. The number of aliphatic carboxylic acids is 3. The van der Waals surface area contributed by atoms with Gasteiger partial charge in [-0.15, -0.1) is 0 Å². The van der Waals surface area contributed by atoms with Crippen molar-refractivity contribution < 1.29 is 72.0 Å². The monoisotopic (exact) mass is 1080 g/mol. The average Bonchev–Trinajstić information content (AvgIpc) is 3.39. The zero-order valence-corrected chi connectivity index (χ0v) is 41.8. The van der Waals surface area contributed by atoms with Gasteiger partial charge in [0.1, 0.15) is 48.2 Å². The van der Waals surface area contributed by atoms with Gasteiger partial charge in [0.15, 0.2) is 0 Å². The van der Waals surface area contributed by atoms with Crippen molar-refractivity contribution in [2.45, 2.75) is 95.2 Å². The summed E-state index contributed by atoms with van der Waals surface area (Å²) >= 11 is 3.82. The van der Waals surface area contributed by atoms with Crippen molar-refractivity contribution in [1.29, 1.82) is 0 Å². The lowest BCUT2D eigenvalue weighted by Gasteiger charge is -2.22. The van der Waals surface area contributed by atoms with Crippen molar-refractivity contribution in [3.63, 3.8) is 0 Å². The maximum Gasteiger partial charge on any atom is 0.331 e. The quantitative estimate of drug-likeness (QED) is 0.0240. The first kappa shape index (κ1) is 60.5. The number of thiol groups is 1. The van der Waals surface area contributed by atoms with Gasteiger partial charge < -0.3 is 52.8 Å². The molecule has 11 N–H and O–H groups in total. The fourth-order valence-corrected chi connectivity index (χ4v) is 7.99. The van der Waals surface area contributed by atoms with Crippen molar-refractivity contribution in [2.75, 3.05) is 18.9 Å².